The number of nitrogens with zero attached hydrogens (tertiary/aromatic N) is 10. The van der Waals surface area contributed by atoms with Crippen molar-refractivity contribution >= 4 is 102 Å². The van der Waals surface area contributed by atoms with Crippen LogP contribution in [0, 0.1) is 50.9 Å². The summed E-state index contributed by atoms with van der Waals surface area (Å²) in [4.78, 5) is 21.7. The number of ether oxygens (including phenoxy) is 2. The molecule has 4 aliphatic heterocycles. The molecule has 0 saturated heterocycles. The molecule has 12 nitrogen and oxygen atoms in total. The Balaban J connectivity index is 0.00000357. The Morgan fingerprint density at radius 1 is 0.261 bits per heavy atom. The van der Waals surface area contributed by atoms with E-state index in [1.165, 1.54) is 0 Å². The smallest absolute Gasteiger partial charge is 0.509 e. The van der Waals surface area contributed by atoms with Gasteiger partial charge in [-0.1, -0.05) is 60.7 Å². The van der Waals surface area contributed by atoms with Gasteiger partial charge >= 0.3 is 42.1 Å². The molecule has 0 aliphatic carbocycles. The van der Waals surface area contributed by atoms with Crippen LogP contribution < -0.4 is 58.5 Å². The molecule has 434 valence electrons. The Morgan fingerprint density at radius 3 is 0.761 bits per heavy atom. The molecule has 0 unspecified atom stereocenters. The molecule has 0 aromatic heterocycles. The summed E-state index contributed by atoms with van der Waals surface area (Å²) in [5.74, 6) is 2.32. The molecule has 0 bridgehead atoms. The van der Waals surface area contributed by atoms with Crippen molar-refractivity contribution in [1.29, 1.82) is 0 Å². The molecule has 88 heavy (non-hydrogen) atoms. The van der Waals surface area contributed by atoms with E-state index in [2.05, 4.69) is 322 Å². The van der Waals surface area contributed by atoms with Gasteiger partial charge in [0.1, 0.15) is 0 Å². The molecule has 11 aromatic carbocycles. The maximum atomic E-state index is 6.57. The molecule has 0 fully saturated rings. The van der Waals surface area contributed by atoms with Crippen molar-refractivity contribution in [3.63, 3.8) is 0 Å². The zero-order chi connectivity index (χ0) is 57.8. The Hall–Kier alpha value is -9.60. The van der Waals surface area contributed by atoms with E-state index >= 15 is 0 Å². The summed E-state index contributed by atoms with van der Waals surface area (Å²) in [6, 6.07) is 97.6. The molecule has 14 heteroatoms. The Morgan fingerprint density at radius 2 is 0.500 bits per heavy atom. The first-order chi connectivity index (χ1) is 42.2. The molecule has 4 heterocycles. The van der Waals surface area contributed by atoms with Gasteiger partial charge in [0.25, 0.3) is 0 Å². The maximum Gasteiger partial charge on any atom is 4.00 e. The minimum Gasteiger partial charge on any atom is -0.509 e. The van der Waals surface area contributed by atoms with E-state index in [0.29, 0.717) is 23.0 Å². The van der Waals surface area contributed by atoms with Crippen LogP contribution >= 0.6 is 0 Å². The normalized spacial score (nSPS) is 13.6. The van der Waals surface area contributed by atoms with Crippen molar-refractivity contribution < 1.29 is 51.6 Å². The maximum absolute atomic E-state index is 6.57. The summed E-state index contributed by atoms with van der Waals surface area (Å²) in [7, 11) is 8.24. The van der Waals surface area contributed by atoms with Crippen molar-refractivity contribution in [3.05, 3.63) is 294 Å². The van der Waals surface area contributed by atoms with E-state index in [1.807, 2.05) is 48.5 Å². The quantitative estimate of drug-likeness (QED) is 0.0975. The van der Waals surface area contributed by atoms with Crippen LogP contribution in [-0.4, -0.2) is 28.2 Å². The van der Waals surface area contributed by atoms with Crippen molar-refractivity contribution in [2.24, 2.45) is 0 Å². The van der Waals surface area contributed by atoms with E-state index in [4.69, 9.17) is 9.47 Å². The fourth-order valence-corrected chi connectivity index (χ4v) is 11.4. The van der Waals surface area contributed by atoms with E-state index in [0.717, 1.165) is 102 Å². The van der Waals surface area contributed by atoms with Gasteiger partial charge in [-0.05, 0) is 109 Å². The predicted molar refractivity (Wildman–Crippen MR) is 349 cm³/mol. The Kier molecular flexibility index (Phi) is 15.9. The zero-order valence-electron chi connectivity index (χ0n) is 48.3. The monoisotopic (exact) mass is 1510 g/mol. The number of anilines is 18. The minimum absolute atomic E-state index is 0. The molecule has 0 saturated carbocycles. The van der Waals surface area contributed by atoms with Gasteiger partial charge in [-0.15, -0.1) is 122 Å². The fourth-order valence-electron chi connectivity index (χ4n) is 11.4. The average molecular weight is 1510 g/mol. The molecule has 0 radical (unpaired) electrons. The molecule has 0 spiro atoms. The molecule has 0 atom stereocenters. The van der Waals surface area contributed by atoms with Crippen molar-refractivity contribution in [1.82, 2.24) is 0 Å². The molecular formula is C74H56N10O2Pt2. The number of hydrogen-bond donors (Lipinski definition) is 0. The summed E-state index contributed by atoms with van der Waals surface area (Å²) < 4.78 is 13.1. The first-order valence-electron chi connectivity index (χ1n) is 28.4. The third kappa shape index (κ3) is 10.8. The van der Waals surface area contributed by atoms with Gasteiger partial charge in [0.05, 0.1) is 0 Å². The molecular weight excluding hydrogens is 1450 g/mol. The van der Waals surface area contributed by atoms with Crippen LogP contribution in [0.15, 0.2) is 243 Å². The number of benzene rings is 11. The van der Waals surface area contributed by atoms with Gasteiger partial charge in [-0.25, -0.2) is 0 Å². The van der Waals surface area contributed by atoms with Crippen LogP contribution in [0.2, 0.25) is 0 Å². The average Bonchev–Trinajstić information content (AvgIpc) is 2.39. The van der Waals surface area contributed by atoms with Crippen LogP contribution in [0.5, 0.6) is 23.0 Å². The molecule has 0 amide bonds. The summed E-state index contributed by atoms with van der Waals surface area (Å²) in [6.07, 6.45) is 0. The molecule has 0 N–H and O–H groups in total. The Labute approximate surface area is 544 Å². The van der Waals surface area contributed by atoms with E-state index < -0.39 is 0 Å². The van der Waals surface area contributed by atoms with Gasteiger partial charge in [0.15, 0.2) is 0 Å². The summed E-state index contributed by atoms with van der Waals surface area (Å²) in [5, 5.41) is 0. The van der Waals surface area contributed by atoms with Crippen LogP contribution in [0.4, 0.5) is 102 Å². The molecule has 11 aromatic rings. The second-order valence-corrected chi connectivity index (χ2v) is 21.5. The summed E-state index contributed by atoms with van der Waals surface area (Å²) in [6.45, 7) is 8.46. The van der Waals surface area contributed by atoms with Crippen molar-refractivity contribution in [2.75, 3.05) is 77.2 Å². The van der Waals surface area contributed by atoms with Gasteiger partial charge in [-0.2, -0.15) is 24.3 Å². The second-order valence-electron chi connectivity index (χ2n) is 21.5. The minimum atomic E-state index is 0. The second kappa shape index (κ2) is 24.3. The number of rotatable bonds is 14. The number of hydrogen-bond acceptors (Lipinski definition) is 12. The third-order valence-corrected chi connectivity index (χ3v) is 15.7. The SMILES string of the molecule is CN(C)c1cccc(N2[CH-]N(c3[c-]c(Oc4[c-]c(N5[CH-]N(c6ccc(N7[CH-]N(c8[c-]c(Oc9[c-]c(N%10[CH-]N(c%11cccc(N(C)C)c%11)c%11ccccc%11%10)ccc9)ccc8)c8ccccc87)cc6)c6ccccc65)ccc4)ccc3)c3ccccc32)c1.[Pt+4].[Pt+4]. The standard InChI is InChI=1S/C74H56N10O2.2Pt/c1-75(2)55-19-13-21-57(43-55)79-51-83(73-37-11-9-35-71(73)79)61-25-17-29-65(47-61)85-63-27-15-23-59(45-63)81-49-77(67-31-5-7-33-69(67)81)53-39-41-54(42-40-53)78-50-82(70-34-8-6-32-68(70)78)60-24-16-28-64(46-60)86-66-30-18-26-62(48-66)84-52-80(72-36-10-12-38-74(72)84)58-22-14-20-56(44-58)76(3)4;;/h5-44,49-52H,1-4H3;;/q-8;2*+4. The van der Waals surface area contributed by atoms with Gasteiger partial charge in [0, 0.05) is 131 Å². The van der Waals surface area contributed by atoms with E-state index in [9.17, 15) is 0 Å². The molecule has 15 rings (SSSR count). The molecule has 4 aliphatic rings. The van der Waals surface area contributed by atoms with Crippen LogP contribution in [-0.2, 0) is 42.1 Å². The number of fused-ring (bicyclic) bond motifs is 4. The Bertz CT molecular complexity index is 4060. The van der Waals surface area contributed by atoms with Gasteiger partial charge in [0.2, 0.25) is 0 Å². The van der Waals surface area contributed by atoms with E-state index in [1.54, 1.807) is 0 Å². The van der Waals surface area contributed by atoms with Crippen LogP contribution in [0.1, 0.15) is 0 Å². The van der Waals surface area contributed by atoms with E-state index in [-0.39, 0.29) is 42.1 Å². The van der Waals surface area contributed by atoms with Crippen LogP contribution in [0.25, 0.3) is 0 Å². The first kappa shape index (κ1) is 57.5. The van der Waals surface area contributed by atoms with Crippen molar-refractivity contribution in [3.8, 4) is 23.0 Å². The van der Waals surface area contributed by atoms with Gasteiger partial charge < -0.3 is 58.5 Å². The first-order valence-corrected chi connectivity index (χ1v) is 28.4. The largest absolute Gasteiger partial charge is 4.00 e. The fraction of sp³-hybridized carbons (Fsp3) is 0.0541. The van der Waals surface area contributed by atoms with Gasteiger partial charge in [-0.3, -0.25) is 0 Å². The summed E-state index contributed by atoms with van der Waals surface area (Å²) in [5.41, 5.74) is 18.2. The van der Waals surface area contributed by atoms with Crippen LogP contribution in [0.3, 0.4) is 0 Å². The predicted octanol–water partition coefficient (Wildman–Crippen LogP) is 18.2. The zero-order valence-corrected chi connectivity index (χ0v) is 52.9. The topological polar surface area (TPSA) is 50.9 Å². The number of para-hydroxylation sites is 8. The third-order valence-electron chi connectivity index (χ3n) is 15.7. The summed E-state index contributed by atoms with van der Waals surface area (Å²) >= 11 is 0. The van der Waals surface area contributed by atoms with Crippen molar-refractivity contribution in [2.45, 2.75) is 0 Å².